The van der Waals surface area contributed by atoms with Crippen molar-refractivity contribution < 1.29 is 9.59 Å². The van der Waals surface area contributed by atoms with E-state index in [4.69, 9.17) is 5.73 Å². The minimum absolute atomic E-state index is 0.00745. The average Bonchev–Trinajstić information content (AvgIpc) is 2.80. The fourth-order valence-corrected chi connectivity index (χ4v) is 2.71. The molecule has 4 nitrogen and oxygen atoms in total. The maximum absolute atomic E-state index is 12.5. The molecule has 1 heterocycles. The van der Waals surface area contributed by atoms with Crippen LogP contribution in [0.4, 0.5) is 0 Å². The summed E-state index contributed by atoms with van der Waals surface area (Å²) in [6.45, 7) is 5.04. The molecule has 0 bridgehead atoms. The molecule has 1 saturated heterocycles. The number of likely N-dealkylation sites (tertiary alicyclic amines) is 1. The molecule has 0 radical (unpaired) electrons. The van der Waals surface area contributed by atoms with Gasteiger partial charge in [0.2, 0.25) is 5.91 Å². The van der Waals surface area contributed by atoms with Crippen molar-refractivity contribution in [2.24, 2.45) is 17.6 Å². The molecule has 102 valence electrons. The van der Waals surface area contributed by atoms with Crippen LogP contribution in [-0.4, -0.2) is 29.8 Å². The zero-order valence-electron chi connectivity index (χ0n) is 11.4. The molecule has 0 spiro atoms. The van der Waals surface area contributed by atoms with Crippen LogP contribution >= 0.6 is 0 Å². The van der Waals surface area contributed by atoms with Gasteiger partial charge < -0.3 is 10.6 Å². The van der Waals surface area contributed by atoms with Crippen molar-refractivity contribution in [3.63, 3.8) is 0 Å². The van der Waals surface area contributed by atoms with Crippen LogP contribution in [-0.2, 0) is 11.2 Å². The number of hydrogen-bond donors (Lipinski definition) is 1. The van der Waals surface area contributed by atoms with Crippen molar-refractivity contribution in [1.29, 1.82) is 0 Å². The zero-order chi connectivity index (χ0) is 14.0. The third-order valence-electron chi connectivity index (χ3n) is 3.89. The fourth-order valence-electron chi connectivity index (χ4n) is 2.71. The van der Waals surface area contributed by atoms with E-state index in [1.54, 1.807) is 4.90 Å². The SMILES string of the molecule is CCc1ccccc1C(=O)N1C[C@@H](C)[C@H](C(N)=O)C1. The Morgan fingerprint density at radius 3 is 2.58 bits per heavy atom. The highest BCUT2D eigenvalue weighted by atomic mass is 16.2. The molecule has 2 atom stereocenters. The first-order valence-electron chi connectivity index (χ1n) is 6.71. The molecule has 1 aliphatic heterocycles. The molecule has 4 heteroatoms. The first kappa shape index (κ1) is 13.6. The van der Waals surface area contributed by atoms with Crippen molar-refractivity contribution in [1.82, 2.24) is 4.90 Å². The smallest absolute Gasteiger partial charge is 0.254 e. The number of carbonyl (C=O) groups is 2. The maximum atomic E-state index is 12.5. The van der Waals surface area contributed by atoms with Gasteiger partial charge in [-0.3, -0.25) is 9.59 Å². The number of nitrogens with two attached hydrogens (primary N) is 1. The Hall–Kier alpha value is -1.84. The summed E-state index contributed by atoms with van der Waals surface area (Å²) in [4.78, 5) is 25.6. The summed E-state index contributed by atoms with van der Waals surface area (Å²) in [5.74, 6) is -0.396. The Bertz CT molecular complexity index is 499. The minimum Gasteiger partial charge on any atom is -0.369 e. The highest BCUT2D eigenvalue weighted by Gasteiger charge is 2.36. The van der Waals surface area contributed by atoms with E-state index < -0.39 is 0 Å². The number of primary amides is 1. The minimum atomic E-state index is -0.313. The monoisotopic (exact) mass is 260 g/mol. The molecule has 0 aromatic heterocycles. The zero-order valence-corrected chi connectivity index (χ0v) is 11.4. The number of nitrogens with zero attached hydrogens (tertiary/aromatic N) is 1. The van der Waals surface area contributed by atoms with E-state index in [0.717, 1.165) is 17.5 Å². The summed E-state index contributed by atoms with van der Waals surface area (Å²) in [5, 5.41) is 0. The van der Waals surface area contributed by atoms with E-state index in [9.17, 15) is 9.59 Å². The second kappa shape index (κ2) is 5.43. The third-order valence-corrected chi connectivity index (χ3v) is 3.89. The van der Waals surface area contributed by atoms with Crippen LogP contribution in [0.3, 0.4) is 0 Å². The standard InChI is InChI=1S/C15H20N2O2/c1-3-11-6-4-5-7-12(11)15(19)17-8-10(2)13(9-17)14(16)18/h4-7,10,13H,3,8-9H2,1-2H3,(H2,16,18)/t10-,13-/m1/s1. The van der Waals surface area contributed by atoms with E-state index in [1.165, 1.54) is 0 Å². The van der Waals surface area contributed by atoms with Gasteiger partial charge in [-0.05, 0) is 24.0 Å². The van der Waals surface area contributed by atoms with Gasteiger partial charge in [-0.1, -0.05) is 32.0 Å². The van der Waals surface area contributed by atoms with Gasteiger partial charge in [0.05, 0.1) is 5.92 Å². The Balaban J connectivity index is 2.19. The fraction of sp³-hybridized carbons (Fsp3) is 0.467. The molecular weight excluding hydrogens is 240 g/mol. The molecule has 19 heavy (non-hydrogen) atoms. The van der Waals surface area contributed by atoms with Crippen LogP contribution in [0.15, 0.2) is 24.3 Å². The van der Waals surface area contributed by atoms with Crippen LogP contribution in [0.25, 0.3) is 0 Å². The molecular formula is C15H20N2O2. The lowest BCUT2D eigenvalue weighted by Crippen LogP contribution is -2.32. The lowest BCUT2D eigenvalue weighted by Gasteiger charge is -2.17. The number of rotatable bonds is 3. The second-order valence-electron chi connectivity index (χ2n) is 5.21. The van der Waals surface area contributed by atoms with Gasteiger partial charge in [0, 0.05) is 18.7 Å². The summed E-state index contributed by atoms with van der Waals surface area (Å²) >= 11 is 0. The maximum Gasteiger partial charge on any atom is 0.254 e. The molecule has 0 aliphatic carbocycles. The van der Waals surface area contributed by atoms with Crippen molar-refractivity contribution in [2.75, 3.05) is 13.1 Å². The van der Waals surface area contributed by atoms with Crippen LogP contribution in [0.1, 0.15) is 29.8 Å². The normalized spacial score (nSPS) is 22.5. The van der Waals surface area contributed by atoms with Gasteiger partial charge in [0.25, 0.3) is 5.91 Å². The highest BCUT2D eigenvalue weighted by molar-refractivity contribution is 5.96. The number of aryl methyl sites for hydroxylation is 1. The highest BCUT2D eigenvalue weighted by Crippen LogP contribution is 2.25. The molecule has 1 aromatic rings. The van der Waals surface area contributed by atoms with Gasteiger partial charge >= 0.3 is 0 Å². The van der Waals surface area contributed by atoms with E-state index in [2.05, 4.69) is 0 Å². The largest absolute Gasteiger partial charge is 0.369 e. The lowest BCUT2D eigenvalue weighted by atomic mass is 9.98. The number of amides is 2. The van der Waals surface area contributed by atoms with Crippen LogP contribution in [0, 0.1) is 11.8 Å². The molecule has 0 unspecified atom stereocenters. The number of carbonyl (C=O) groups excluding carboxylic acids is 2. The Morgan fingerprint density at radius 1 is 1.32 bits per heavy atom. The van der Waals surface area contributed by atoms with Crippen molar-refractivity contribution >= 4 is 11.8 Å². The Kier molecular flexibility index (Phi) is 3.88. The predicted octanol–water partition coefficient (Wildman–Crippen LogP) is 1.44. The molecule has 2 N–H and O–H groups in total. The van der Waals surface area contributed by atoms with Gasteiger partial charge in [0.15, 0.2) is 0 Å². The van der Waals surface area contributed by atoms with Crippen LogP contribution < -0.4 is 5.73 Å². The second-order valence-corrected chi connectivity index (χ2v) is 5.21. The van der Waals surface area contributed by atoms with E-state index in [-0.39, 0.29) is 23.7 Å². The van der Waals surface area contributed by atoms with Crippen LogP contribution in [0.5, 0.6) is 0 Å². The van der Waals surface area contributed by atoms with Crippen molar-refractivity contribution in [3.8, 4) is 0 Å². The van der Waals surface area contributed by atoms with Crippen molar-refractivity contribution in [3.05, 3.63) is 35.4 Å². The molecule has 0 saturated carbocycles. The summed E-state index contributed by atoms with van der Waals surface area (Å²) in [5.41, 5.74) is 7.15. The quantitative estimate of drug-likeness (QED) is 0.894. The molecule has 1 aliphatic rings. The Labute approximate surface area is 113 Å². The summed E-state index contributed by atoms with van der Waals surface area (Å²) in [6, 6.07) is 7.63. The first-order valence-corrected chi connectivity index (χ1v) is 6.71. The van der Waals surface area contributed by atoms with E-state index in [0.29, 0.717) is 13.1 Å². The molecule has 2 amide bonds. The van der Waals surface area contributed by atoms with E-state index >= 15 is 0 Å². The predicted molar refractivity (Wildman–Crippen MR) is 73.6 cm³/mol. The van der Waals surface area contributed by atoms with Gasteiger partial charge in [-0.25, -0.2) is 0 Å². The molecule has 1 aromatic carbocycles. The Morgan fingerprint density at radius 2 is 2.00 bits per heavy atom. The summed E-state index contributed by atoms with van der Waals surface area (Å²) in [6.07, 6.45) is 0.824. The van der Waals surface area contributed by atoms with Crippen LogP contribution in [0.2, 0.25) is 0 Å². The summed E-state index contributed by atoms with van der Waals surface area (Å²) in [7, 11) is 0. The lowest BCUT2D eigenvalue weighted by molar-refractivity contribution is -0.122. The third kappa shape index (κ3) is 2.62. The molecule has 2 rings (SSSR count). The van der Waals surface area contributed by atoms with Crippen molar-refractivity contribution in [2.45, 2.75) is 20.3 Å². The average molecular weight is 260 g/mol. The van der Waals surface area contributed by atoms with Gasteiger partial charge in [-0.2, -0.15) is 0 Å². The summed E-state index contributed by atoms with van der Waals surface area (Å²) < 4.78 is 0. The number of hydrogen-bond acceptors (Lipinski definition) is 2. The molecule has 1 fully saturated rings. The van der Waals surface area contributed by atoms with Gasteiger partial charge in [0.1, 0.15) is 0 Å². The number of benzene rings is 1. The van der Waals surface area contributed by atoms with E-state index in [1.807, 2.05) is 38.1 Å². The first-order chi connectivity index (χ1) is 9.04. The van der Waals surface area contributed by atoms with Gasteiger partial charge in [-0.15, -0.1) is 0 Å². The topological polar surface area (TPSA) is 63.4 Å².